The fourth-order valence-corrected chi connectivity index (χ4v) is 2.66. The molecule has 0 spiro atoms. The number of rotatable bonds is 4. The number of hydrogen-bond acceptors (Lipinski definition) is 4. The van der Waals surface area contributed by atoms with E-state index in [0.717, 1.165) is 13.2 Å². The fourth-order valence-electron chi connectivity index (χ4n) is 1.76. The molecule has 2 heterocycles. The van der Waals surface area contributed by atoms with Gasteiger partial charge in [-0.25, -0.2) is 0 Å². The summed E-state index contributed by atoms with van der Waals surface area (Å²) < 4.78 is 16.0. The average Bonchev–Trinajstić information content (AvgIpc) is 2.72. The van der Waals surface area contributed by atoms with Gasteiger partial charge in [-0.3, -0.25) is 0 Å². The molecule has 14 heavy (non-hydrogen) atoms. The molecule has 0 aromatic rings. The van der Waals surface area contributed by atoms with Crippen molar-refractivity contribution in [1.82, 2.24) is 4.90 Å². The van der Waals surface area contributed by atoms with Crippen molar-refractivity contribution >= 4 is 8.60 Å². The molecule has 0 amide bonds. The standard InChI is InChI=1S/C9H18NO3P/c1-2-4-10(5-3-1)6-7-11-14-12-8-9-13-14/h1-9H2. The van der Waals surface area contributed by atoms with Crippen LogP contribution in [-0.4, -0.2) is 44.4 Å². The molecule has 0 saturated carbocycles. The van der Waals surface area contributed by atoms with Gasteiger partial charge in [0.2, 0.25) is 0 Å². The summed E-state index contributed by atoms with van der Waals surface area (Å²) in [5.74, 6) is 0. The zero-order chi connectivity index (χ0) is 9.64. The fraction of sp³-hybridized carbons (Fsp3) is 1.00. The first kappa shape index (κ1) is 10.8. The van der Waals surface area contributed by atoms with Crippen molar-refractivity contribution in [3.8, 4) is 0 Å². The quantitative estimate of drug-likeness (QED) is 0.674. The Morgan fingerprint density at radius 2 is 1.79 bits per heavy atom. The molecule has 0 aliphatic carbocycles. The van der Waals surface area contributed by atoms with Gasteiger partial charge < -0.3 is 18.5 Å². The molecule has 82 valence electrons. The highest BCUT2D eigenvalue weighted by Crippen LogP contribution is 2.43. The van der Waals surface area contributed by atoms with E-state index < -0.39 is 8.60 Å². The van der Waals surface area contributed by atoms with Crippen molar-refractivity contribution < 1.29 is 13.6 Å². The molecule has 5 heteroatoms. The van der Waals surface area contributed by atoms with Crippen LogP contribution in [0.4, 0.5) is 0 Å². The van der Waals surface area contributed by atoms with Gasteiger partial charge in [0.05, 0.1) is 19.8 Å². The second kappa shape index (κ2) is 5.99. The Labute approximate surface area is 86.5 Å². The van der Waals surface area contributed by atoms with Crippen LogP contribution in [0.2, 0.25) is 0 Å². The Morgan fingerprint density at radius 1 is 1.07 bits per heavy atom. The summed E-state index contributed by atoms with van der Waals surface area (Å²) in [5, 5.41) is 0. The maximum absolute atomic E-state index is 5.48. The molecular formula is C9H18NO3P. The summed E-state index contributed by atoms with van der Waals surface area (Å²) in [4.78, 5) is 2.45. The van der Waals surface area contributed by atoms with Gasteiger partial charge in [0.1, 0.15) is 0 Å². The zero-order valence-electron chi connectivity index (χ0n) is 8.48. The third-order valence-corrected chi connectivity index (χ3v) is 3.71. The third-order valence-electron chi connectivity index (χ3n) is 2.53. The first-order valence-corrected chi connectivity index (χ1v) is 6.46. The van der Waals surface area contributed by atoms with E-state index in [1.54, 1.807) is 0 Å². The van der Waals surface area contributed by atoms with Crippen molar-refractivity contribution in [3.05, 3.63) is 0 Å². The van der Waals surface area contributed by atoms with E-state index in [4.69, 9.17) is 13.6 Å². The molecule has 0 aromatic heterocycles. The lowest BCUT2D eigenvalue weighted by molar-refractivity contribution is 0.169. The lowest BCUT2D eigenvalue weighted by atomic mass is 10.1. The first-order valence-electron chi connectivity index (χ1n) is 5.36. The second-order valence-corrected chi connectivity index (χ2v) is 4.85. The van der Waals surface area contributed by atoms with E-state index in [2.05, 4.69) is 4.90 Å². The van der Waals surface area contributed by atoms with Gasteiger partial charge in [-0.15, -0.1) is 0 Å². The Bertz CT molecular complexity index is 158. The van der Waals surface area contributed by atoms with Crippen LogP contribution in [-0.2, 0) is 13.6 Å². The summed E-state index contributed by atoms with van der Waals surface area (Å²) >= 11 is 0. The number of nitrogens with zero attached hydrogens (tertiary/aromatic N) is 1. The molecule has 0 unspecified atom stereocenters. The molecule has 2 rings (SSSR count). The average molecular weight is 219 g/mol. The highest BCUT2D eigenvalue weighted by molar-refractivity contribution is 7.41. The Hall–Kier alpha value is 0.270. The van der Waals surface area contributed by atoms with E-state index >= 15 is 0 Å². The molecule has 4 nitrogen and oxygen atoms in total. The zero-order valence-corrected chi connectivity index (χ0v) is 9.38. The van der Waals surface area contributed by atoms with Crippen molar-refractivity contribution in [2.75, 3.05) is 39.5 Å². The molecule has 0 N–H and O–H groups in total. The number of hydrogen-bond donors (Lipinski definition) is 0. The summed E-state index contributed by atoms with van der Waals surface area (Å²) in [6.45, 7) is 5.59. The van der Waals surface area contributed by atoms with Crippen molar-refractivity contribution in [2.24, 2.45) is 0 Å². The second-order valence-electron chi connectivity index (χ2n) is 3.63. The van der Waals surface area contributed by atoms with Crippen molar-refractivity contribution in [2.45, 2.75) is 19.3 Å². The van der Waals surface area contributed by atoms with Gasteiger partial charge in [0.15, 0.2) is 0 Å². The molecule has 0 radical (unpaired) electrons. The normalized spacial score (nSPS) is 25.7. The number of piperidine rings is 1. The number of likely N-dealkylation sites (tertiary alicyclic amines) is 1. The first-order chi connectivity index (χ1) is 6.95. The monoisotopic (exact) mass is 219 g/mol. The molecule has 0 aromatic carbocycles. The minimum absolute atomic E-state index is 0.690. The molecule has 2 fully saturated rings. The molecule has 0 atom stereocenters. The van der Waals surface area contributed by atoms with Crippen LogP contribution >= 0.6 is 8.60 Å². The van der Waals surface area contributed by atoms with Crippen LogP contribution < -0.4 is 0 Å². The van der Waals surface area contributed by atoms with Gasteiger partial charge in [0.25, 0.3) is 0 Å². The minimum Gasteiger partial charge on any atom is -0.311 e. The van der Waals surface area contributed by atoms with Gasteiger partial charge in [-0.2, -0.15) is 0 Å². The lowest BCUT2D eigenvalue weighted by Crippen LogP contribution is -2.32. The van der Waals surface area contributed by atoms with Gasteiger partial charge in [-0.1, -0.05) is 6.42 Å². The summed E-state index contributed by atoms with van der Waals surface area (Å²) in [6.07, 6.45) is 4.06. The highest BCUT2D eigenvalue weighted by Gasteiger charge is 2.19. The smallest absolute Gasteiger partial charge is 0.311 e. The topological polar surface area (TPSA) is 30.9 Å². The predicted molar refractivity (Wildman–Crippen MR) is 55.1 cm³/mol. The molecule has 2 saturated heterocycles. The third kappa shape index (κ3) is 3.44. The van der Waals surface area contributed by atoms with Crippen LogP contribution in [0.5, 0.6) is 0 Å². The largest absolute Gasteiger partial charge is 0.332 e. The van der Waals surface area contributed by atoms with Crippen LogP contribution in [0.15, 0.2) is 0 Å². The molecular weight excluding hydrogens is 201 g/mol. The van der Waals surface area contributed by atoms with E-state index in [1.807, 2.05) is 0 Å². The van der Waals surface area contributed by atoms with Gasteiger partial charge in [0, 0.05) is 6.54 Å². The molecule has 2 aliphatic heterocycles. The van der Waals surface area contributed by atoms with E-state index in [-0.39, 0.29) is 0 Å². The molecule has 0 bridgehead atoms. The summed E-state index contributed by atoms with van der Waals surface area (Å²) in [7, 11) is -0.999. The van der Waals surface area contributed by atoms with Crippen LogP contribution in [0.3, 0.4) is 0 Å². The van der Waals surface area contributed by atoms with Gasteiger partial charge >= 0.3 is 8.60 Å². The predicted octanol–water partition coefficient (Wildman–Crippen LogP) is 1.76. The molecule has 2 aliphatic rings. The summed E-state index contributed by atoms with van der Waals surface area (Å²) in [6, 6.07) is 0. The van der Waals surface area contributed by atoms with E-state index in [9.17, 15) is 0 Å². The van der Waals surface area contributed by atoms with Crippen LogP contribution in [0, 0.1) is 0 Å². The highest BCUT2D eigenvalue weighted by atomic mass is 31.2. The van der Waals surface area contributed by atoms with E-state index in [1.165, 1.54) is 32.4 Å². The minimum atomic E-state index is -0.999. The Kier molecular flexibility index (Phi) is 4.61. The van der Waals surface area contributed by atoms with E-state index in [0.29, 0.717) is 13.2 Å². The Balaban J connectivity index is 1.52. The lowest BCUT2D eigenvalue weighted by Gasteiger charge is -2.26. The van der Waals surface area contributed by atoms with Crippen LogP contribution in [0.1, 0.15) is 19.3 Å². The van der Waals surface area contributed by atoms with Crippen molar-refractivity contribution in [3.63, 3.8) is 0 Å². The SMILES string of the molecule is C1CCN(CCOP2OCCO2)CC1. The maximum Gasteiger partial charge on any atom is 0.332 e. The summed E-state index contributed by atoms with van der Waals surface area (Å²) in [5.41, 5.74) is 0. The van der Waals surface area contributed by atoms with Crippen LogP contribution in [0.25, 0.3) is 0 Å². The van der Waals surface area contributed by atoms with Crippen molar-refractivity contribution in [1.29, 1.82) is 0 Å². The maximum atomic E-state index is 5.48. The van der Waals surface area contributed by atoms with Gasteiger partial charge in [-0.05, 0) is 25.9 Å². The Morgan fingerprint density at radius 3 is 2.50 bits per heavy atom.